The van der Waals surface area contributed by atoms with Crippen LogP contribution in [-0.4, -0.2) is 59.0 Å². The van der Waals surface area contributed by atoms with Crippen LogP contribution < -0.4 is 9.47 Å². The summed E-state index contributed by atoms with van der Waals surface area (Å²) >= 11 is 0. The number of nitrogens with zero attached hydrogens (tertiary/aromatic N) is 4. The molecule has 0 aliphatic carbocycles. The van der Waals surface area contributed by atoms with Crippen molar-refractivity contribution < 1.29 is 23.4 Å². The minimum atomic E-state index is -0.0744. The predicted octanol–water partition coefficient (Wildman–Crippen LogP) is 2.55. The molecule has 9 heteroatoms. The third-order valence-electron chi connectivity index (χ3n) is 5.23. The third-order valence-corrected chi connectivity index (χ3v) is 5.23. The number of carbonyl (C=O) groups excluding carboxylic acids is 1. The Morgan fingerprint density at radius 2 is 2.03 bits per heavy atom. The molecule has 3 aromatic rings. The van der Waals surface area contributed by atoms with E-state index in [0.29, 0.717) is 50.7 Å². The van der Waals surface area contributed by atoms with Gasteiger partial charge in [0.1, 0.15) is 29.2 Å². The first-order valence-electron chi connectivity index (χ1n) is 10.3. The Morgan fingerprint density at radius 3 is 2.74 bits per heavy atom. The van der Waals surface area contributed by atoms with Crippen LogP contribution in [0.15, 0.2) is 41.3 Å². The number of rotatable bonds is 9. The van der Waals surface area contributed by atoms with Crippen molar-refractivity contribution >= 4 is 5.91 Å². The second-order valence-electron chi connectivity index (χ2n) is 7.10. The number of aromatic nitrogens is 3. The molecule has 0 radical (unpaired) electrons. The van der Waals surface area contributed by atoms with Gasteiger partial charge in [0, 0.05) is 37.4 Å². The first-order chi connectivity index (χ1) is 15.2. The standard InChI is InChI=1S/C22H26N4O5/c1-3-29-11-10-26-20-8-9-25(12-18(20)22(24-26)19-13-30-15-23-19)21(27)14-31-17-6-4-16(28-2)5-7-17/h4-7,13,15H,3,8-12,14H2,1-2H3. The molecule has 3 heterocycles. The topological polar surface area (TPSA) is 91.9 Å². The molecule has 0 atom stereocenters. The van der Waals surface area contributed by atoms with Crippen LogP contribution in [0.1, 0.15) is 18.2 Å². The van der Waals surface area contributed by atoms with Crippen LogP contribution in [0.25, 0.3) is 11.4 Å². The maximum atomic E-state index is 12.8. The highest BCUT2D eigenvalue weighted by molar-refractivity contribution is 5.78. The lowest BCUT2D eigenvalue weighted by Crippen LogP contribution is -2.39. The van der Waals surface area contributed by atoms with Crippen LogP contribution in [0.2, 0.25) is 0 Å². The number of amides is 1. The number of fused-ring (bicyclic) bond motifs is 1. The smallest absolute Gasteiger partial charge is 0.260 e. The fourth-order valence-electron chi connectivity index (χ4n) is 3.63. The van der Waals surface area contributed by atoms with Crippen molar-refractivity contribution in [2.45, 2.75) is 26.4 Å². The molecular formula is C22H26N4O5. The van der Waals surface area contributed by atoms with Gasteiger partial charge in [-0.05, 0) is 31.2 Å². The molecule has 0 N–H and O–H groups in total. The molecule has 1 amide bonds. The first kappa shape index (κ1) is 20.9. The molecule has 1 aliphatic heterocycles. The summed E-state index contributed by atoms with van der Waals surface area (Å²) in [5.74, 6) is 1.29. The van der Waals surface area contributed by atoms with Gasteiger partial charge in [-0.2, -0.15) is 5.10 Å². The van der Waals surface area contributed by atoms with E-state index in [4.69, 9.17) is 23.7 Å². The van der Waals surface area contributed by atoms with Crippen molar-refractivity contribution in [1.29, 1.82) is 0 Å². The number of carbonyl (C=O) groups is 1. The number of benzene rings is 1. The Labute approximate surface area is 180 Å². The highest BCUT2D eigenvalue weighted by atomic mass is 16.5. The van der Waals surface area contributed by atoms with Crippen LogP contribution >= 0.6 is 0 Å². The van der Waals surface area contributed by atoms with E-state index in [2.05, 4.69) is 4.98 Å². The highest BCUT2D eigenvalue weighted by Crippen LogP contribution is 2.29. The molecule has 0 saturated heterocycles. The molecule has 0 fully saturated rings. The minimum absolute atomic E-state index is 0.0283. The van der Waals surface area contributed by atoms with E-state index < -0.39 is 0 Å². The van der Waals surface area contributed by atoms with Gasteiger partial charge >= 0.3 is 0 Å². The minimum Gasteiger partial charge on any atom is -0.497 e. The van der Waals surface area contributed by atoms with Gasteiger partial charge in [0.2, 0.25) is 0 Å². The van der Waals surface area contributed by atoms with Crippen LogP contribution in [-0.2, 0) is 29.0 Å². The Hall–Kier alpha value is -3.33. The summed E-state index contributed by atoms with van der Waals surface area (Å²) in [6, 6.07) is 7.17. The molecule has 2 aromatic heterocycles. The fraction of sp³-hybridized carbons (Fsp3) is 0.409. The molecule has 9 nitrogen and oxygen atoms in total. The van der Waals surface area contributed by atoms with Gasteiger partial charge in [-0.15, -0.1) is 0 Å². The van der Waals surface area contributed by atoms with E-state index in [9.17, 15) is 4.79 Å². The van der Waals surface area contributed by atoms with Gasteiger partial charge < -0.3 is 23.5 Å². The second kappa shape index (κ2) is 9.65. The van der Waals surface area contributed by atoms with Crippen molar-refractivity contribution in [3.05, 3.63) is 48.2 Å². The van der Waals surface area contributed by atoms with Gasteiger partial charge in [-0.25, -0.2) is 4.98 Å². The molecule has 0 spiro atoms. The Morgan fingerprint density at radius 1 is 1.23 bits per heavy atom. The van der Waals surface area contributed by atoms with Crippen LogP contribution in [0.5, 0.6) is 11.5 Å². The average Bonchev–Trinajstić information content (AvgIpc) is 3.46. The van der Waals surface area contributed by atoms with Crippen molar-refractivity contribution in [1.82, 2.24) is 19.7 Å². The zero-order valence-electron chi connectivity index (χ0n) is 17.7. The Balaban J connectivity index is 1.46. The van der Waals surface area contributed by atoms with Gasteiger partial charge in [0.15, 0.2) is 13.0 Å². The Kier molecular flexibility index (Phi) is 6.51. The van der Waals surface area contributed by atoms with Crippen LogP contribution in [0, 0.1) is 0 Å². The second-order valence-corrected chi connectivity index (χ2v) is 7.10. The fourth-order valence-corrected chi connectivity index (χ4v) is 3.63. The quantitative estimate of drug-likeness (QED) is 0.486. The number of hydrogen-bond donors (Lipinski definition) is 0. The Bertz CT molecular complexity index is 998. The molecule has 31 heavy (non-hydrogen) atoms. The SMILES string of the molecule is CCOCCn1nc(-c2cocn2)c2c1CCN(C(=O)COc1ccc(OC)cc1)C2. The van der Waals surface area contributed by atoms with Crippen molar-refractivity contribution in [2.75, 3.05) is 33.5 Å². The number of methoxy groups -OCH3 is 1. The summed E-state index contributed by atoms with van der Waals surface area (Å²) in [7, 11) is 1.61. The third kappa shape index (κ3) is 4.72. The number of ether oxygens (including phenoxy) is 3. The normalized spacial score (nSPS) is 13.2. The maximum absolute atomic E-state index is 12.8. The summed E-state index contributed by atoms with van der Waals surface area (Å²) in [4.78, 5) is 18.9. The molecule has 1 aliphatic rings. The van der Waals surface area contributed by atoms with E-state index in [-0.39, 0.29) is 12.5 Å². The lowest BCUT2D eigenvalue weighted by molar-refractivity contribution is -0.134. The summed E-state index contributed by atoms with van der Waals surface area (Å²) in [6.45, 7) is 4.91. The molecule has 4 rings (SSSR count). The van der Waals surface area contributed by atoms with Crippen LogP contribution in [0.3, 0.4) is 0 Å². The molecule has 164 valence electrons. The summed E-state index contributed by atoms with van der Waals surface area (Å²) in [6.07, 6.45) is 3.67. The van der Waals surface area contributed by atoms with Gasteiger partial charge in [-0.1, -0.05) is 0 Å². The first-order valence-corrected chi connectivity index (χ1v) is 10.3. The monoisotopic (exact) mass is 426 g/mol. The predicted molar refractivity (Wildman–Crippen MR) is 112 cm³/mol. The maximum Gasteiger partial charge on any atom is 0.260 e. The van der Waals surface area contributed by atoms with Crippen LogP contribution in [0.4, 0.5) is 0 Å². The highest BCUT2D eigenvalue weighted by Gasteiger charge is 2.29. The number of oxazole rings is 1. The lowest BCUT2D eigenvalue weighted by atomic mass is 10.0. The van der Waals surface area contributed by atoms with E-state index >= 15 is 0 Å². The zero-order valence-corrected chi connectivity index (χ0v) is 17.7. The molecule has 1 aromatic carbocycles. The summed E-state index contributed by atoms with van der Waals surface area (Å²) in [5, 5.41) is 4.74. The zero-order chi connectivity index (χ0) is 21.6. The van der Waals surface area contributed by atoms with Crippen molar-refractivity contribution in [3.8, 4) is 22.9 Å². The van der Waals surface area contributed by atoms with E-state index in [1.807, 2.05) is 11.6 Å². The molecule has 0 unspecified atom stereocenters. The molecule has 0 bridgehead atoms. The molecular weight excluding hydrogens is 400 g/mol. The van der Waals surface area contributed by atoms with Gasteiger partial charge in [0.25, 0.3) is 5.91 Å². The molecule has 0 saturated carbocycles. The lowest BCUT2D eigenvalue weighted by Gasteiger charge is -2.28. The number of hydrogen-bond acceptors (Lipinski definition) is 7. The van der Waals surface area contributed by atoms with Crippen molar-refractivity contribution in [2.24, 2.45) is 0 Å². The largest absolute Gasteiger partial charge is 0.497 e. The van der Waals surface area contributed by atoms with E-state index in [0.717, 1.165) is 22.7 Å². The van der Waals surface area contributed by atoms with Gasteiger partial charge in [0.05, 0.1) is 20.3 Å². The summed E-state index contributed by atoms with van der Waals surface area (Å²) < 4.78 is 23.4. The van der Waals surface area contributed by atoms with Crippen molar-refractivity contribution in [3.63, 3.8) is 0 Å². The average molecular weight is 426 g/mol. The summed E-state index contributed by atoms with van der Waals surface area (Å²) in [5.41, 5.74) is 3.51. The van der Waals surface area contributed by atoms with E-state index in [1.165, 1.54) is 6.39 Å². The van der Waals surface area contributed by atoms with E-state index in [1.54, 1.807) is 42.5 Å². The van der Waals surface area contributed by atoms with Gasteiger partial charge in [-0.3, -0.25) is 9.48 Å².